The van der Waals surface area contributed by atoms with Gasteiger partial charge in [0.15, 0.2) is 0 Å². The maximum absolute atomic E-state index is 12.4. The molecule has 0 bridgehead atoms. The summed E-state index contributed by atoms with van der Waals surface area (Å²) in [5.41, 5.74) is 5.69. The Labute approximate surface area is 141 Å². The van der Waals surface area contributed by atoms with Gasteiger partial charge in [-0.1, -0.05) is 24.3 Å². The van der Waals surface area contributed by atoms with Crippen molar-refractivity contribution in [1.29, 1.82) is 0 Å². The van der Waals surface area contributed by atoms with Crippen molar-refractivity contribution < 1.29 is 14.3 Å². The third-order valence-electron chi connectivity index (χ3n) is 4.83. The van der Waals surface area contributed by atoms with Gasteiger partial charge in [0.05, 0.1) is 19.6 Å². The molecule has 1 N–H and O–H groups in total. The van der Waals surface area contributed by atoms with Gasteiger partial charge < -0.3 is 14.8 Å². The Morgan fingerprint density at radius 3 is 2.88 bits per heavy atom. The zero-order valence-electron chi connectivity index (χ0n) is 13.9. The van der Waals surface area contributed by atoms with Crippen molar-refractivity contribution in [3.63, 3.8) is 0 Å². The van der Waals surface area contributed by atoms with Crippen LogP contribution in [0.3, 0.4) is 0 Å². The summed E-state index contributed by atoms with van der Waals surface area (Å²) < 4.78 is 11.5. The van der Waals surface area contributed by atoms with Crippen molar-refractivity contribution in [2.75, 3.05) is 13.2 Å². The molecule has 0 spiro atoms. The first kappa shape index (κ1) is 15.1. The van der Waals surface area contributed by atoms with Crippen LogP contribution in [0.4, 0.5) is 0 Å². The molecule has 0 fully saturated rings. The number of hydrogen-bond acceptors (Lipinski definition) is 3. The van der Waals surface area contributed by atoms with Gasteiger partial charge in [-0.05, 0) is 24.1 Å². The Hall–Kier alpha value is -2.49. The fourth-order valence-corrected chi connectivity index (χ4v) is 3.50. The highest BCUT2D eigenvalue weighted by Crippen LogP contribution is 2.40. The normalized spacial score (nSPS) is 14.5. The van der Waals surface area contributed by atoms with Gasteiger partial charge in [-0.3, -0.25) is 4.79 Å². The van der Waals surface area contributed by atoms with E-state index in [2.05, 4.69) is 11.4 Å². The van der Waals surface area contributed by atoms with E-state index in [1.54, 1.807) is 0 Å². The van der Waals surface area contributed by atoms with Crippen LogP contribution in [0.25, 0.3) is 0 Å². The van der Waals surface area contributed by atoms with Crippen LogP contribution in [0.2, 0.25) is 0 Å². The minimum absolute atomic E-state index is 0.0348. The molecule has 124 valence electrons. The van der Waals surface area contributed by atoms with E-state index in [4.69, 9.17) is 9.47 Å². The second-order valence-corrected chi connectivity index (χ2v) is 6.40. The lowest BCUT2D eigenvalue weighted by Gasteiger charge is -2.14. The van der Waals surface area contributed by atoms with E-state index < -0.39 is 0 Å². The van der Waals surface area contributed by atoms with Crippen LogP contribution >= 0.6 is 0 Å². The summed E-state index contributed by atoms with van der Waals surface area (Å²) in [5.74, 6) is 1.95. The van der Waals surface area contributed by atoms with Crippen LogP contribution in [-0.2, 0) is 30.6 Å². The topological polar surface area (TPSA) is 47.6 Å². The van der Waals surface area contributed by atoms with Crippen molar-refractivity contribution in [3.8, 4) is 11.5 Å². The lowest BCUT2D eigenvalue weighted by Crippen LogP contribution is -2.25. The van der Waals surface area contributed by atoms with Gasteiger partial charge in [-0.15, -0.1) is 0 Å². The Morgan fingerprint density at radius 2 is 2.00 bits per heavy atom. The van der Waals surface area contributed by atoms with Gasteiger partial charge in [-0.25, -0.2) is 0 Å². The van der Waals surface area contributed by atoms with Crippen LogP contribution in [0.15, 0.2) is 30.3 Å². The van der Waals surface area contributed by atoms with Crippen LogP contribution in [-0.4, -0.2) is 19.1 Å². The van der Waals surface area contributed by atoms with E-state index in [0.717, 1.165) is 41.0 Å². The van der Waals surface area contributed by atoms with Gasteiger partial charge in [-0.2, -0.15) is 0 Å². The maximum atomic E-state index is 12.4. The van der Waals surface area contributed by atoms with Gasteiger partial charge >= 0.3 is 0 Å². The standard InChI is InChI=1S/C20H21NO3/c1-13-4-2-3-5-14(13)11-19(22)21-12-17-16-7-9-23-18(16)10-15-6-8-24-20(15)17/h2-5,10H,6-9,11-12H2,1H3,(H,21,22). The molecule has 24 heavy (non-hydrogen) atoms. The molecule has 2 aromatic carbocycles. The fraction of sp³-hybridized carbons (Fsp3) is 0.350. The minimum Gasteiger partial charge on any atom is -0.493 e. The lowest BCUT2D eigenvalue weighted by atomic mass is 9.99. The lowest BCUT2D eigenvalue weighted by molar-refractivity contribution is -0.120. The first-order chi connectivity index (χ1) is 11.7. The Bertz CT molecular complexity index is 765. The number of carbonyl (C=O) groups is 1. The molecule has 1 amide bonds. The molecular weight excluding hydrogens is 302 g/mol. The number of hydrogen-bond donors (Lipinski definition) is 1. The number of fused-ring (bicyclic) bond motifs is 2. The number of rotatable bonds is 4. The van der Waals surface area contributed by atoms with Gasteiger partial charge in [0.2, 0.25) is 5.91 Å². The largest absolute Gasteiger partial charge is 0.493 e. The Kier molecular flexibility index (Phi) is 3.89. The van der Waals surface area contributed by atoms with Gasteiger partial charge in [0.25, 0.3) is 0 Å². The second kappa shape index (κ2) is 6.19. The van der Waals surface area contributed by atoms with Crippen molar-refractivity contribution in [1.82, 2.24) is 5.32 Å². The smallest absolute Gasteiger partial charge is 0.224 e. The zero-order valence-corrected chi connectivity index (χ0v) is 13.9. The highest BCUT2D eigenvalue weighted by Gasteiger charge is 2.26. The van der Waals surface area contributed by atoms with Crippen LogP contribution in [0.1, 0.15) is 27.8 Å². The second-order valence-electron chi connectivity index (χ2n) is 6.40. The van der Waals surface area contributed by atoms with E-state index in [1.165, 1.54) is 11.1 Å². The summed E-state index contributed by atoms with van der Waals surface area (Å²) in [6.45, 7) is 3.95. The molecule has 2 aliphatic heterocycles. The Balaban J connectivity index is 1.50. The zero-order chi connectivity index (χ0) is 16.5. The van der Waals surface area contributed by atoms with E-state index in [9.17, 15) is 4.79 Å². The summed E-state index contributed by atoms with van der Waals surface area (Å²) in [4.78, 5) is 12.4. The molecule has 2 aliphatic rings. The van der Waals surface area contributed by atoms with Gasteiger partial charge in [0.1, 0.15) is 11.5 Å². The van der Waals surface area contributed by atoms with Crippen LogP contribution in [0.5, 0.6) is 11.5 Å². The summed E-state index contributed by atoms with van der Waals surface area (Å²) in [7, 11) is 0. The molecule has 4 heteroatoms. The van der Waals surface area contributed by atoms with Crippen molar-refractivity contribution in [3.05, 3.63) is 58.1 Å². The van der Waals surface area contributed by atoms with E-state index in [0.29, 0.717) is 26.2 Å². The number of nitrogens with one attached hydrogen (secondary N) is 1. The average molecular weight is 323 g/mol. The summed E-state index contributed by atoms with van der Waals surface area (Å²) in [6, 6.07) is 10.1. The molecular formula is C20H21NO3. The molecule has 0 aliphatic carbocycles. The van der Waals surface area contributed by atoms with Gasteiger partial charge in [0, 0.05) is 36.1 Å². The van der Waals surface area contributed by atoms with Crippen LogP contribution < -0.4 is 14.8 Å². The molecule has 2 heterocycles. The number of benzene rings is 2. The number of amides is 1. The average Bonchev–Trinajstić information content (AvgIpc) is 3.22. The Morgan fingerprint density at radius 1 is 1.17 bits per heavy atom. The number of ether oxygens (including phenoxy) is 2. The fourth-order valence-electron chi connectivity index (χ4n) is 3.50. The SMILES string of the molecule is Cc1ccccc1CC(=O)NCc1c2c(cc3c1OCC3)OCC2. The first-order valence-corrected chi connectivity index (χ1v) is 8.47. The maximum Gasteiger partial charge on any atom is 0.224 e. The molecule has 0 atom stereocenters. The third kappa shape index (κ3) is 2.73. The van der Waals surface area contributed by atoms with Crippen molar-refractivity contribution >= 4 is 5.91 Å². The molecule has 2 aromatic rings. The summed E-state index contributed by atoms with van der Waals surface area (Å²) >= 11 is 0. The monoisotopic (exact) mass is 323 g/mol. The summed E-state index contributed by atoms with van der Waals surface area (Å²) in [5, 5.41) is 3.06. The summed E-state index contributed by atoms with van der Waals surface area (Å²) in [6.07, 6.45) is 2.20. The number of carbonyl (C=O) groups excluding carboxylic acids is 1. The first-order valence-electron chi connectivity index (χ1n) is 8.47. The predicted molar refractivity (Wildman–Crippen MR) is 91.6 cm³/mol. The molecule has 0 radical (unpaired) electrons. The highest BCUT2D eigenvalue weighted by atomic mass is 16.5. The molecule has 4 nitrogen and oxygen atoms in total. The van der Waals surface area contributed by atoms with Crippen molar-refractivity contribution in [2.45, 2.75) is 32.7 Å². The molecule has 0 saturated heterocycles. The molecule has 4 rings (SSSR count). The number of aryl methyl sites for hydroxylation is 1. The highest BCUT2D eigenvalue weighted by molar-refractivity contribution is 5.79. The molecule has 0 aromatic heterocycles. The third-order valence-corrected chi connectivity index (χ3v) is 4.83. The van der Waals surface area contributed by atoms with Crippen molar-refractivity contribution in [2.24, 2.45) is 0 Å². The molecule has 0 unspecified atom stereocenters. The van der Waals surface area contributed by atoms with Crippen LogP contribution in [0, 0.1) is 6.92 Å². The molecule has 0 saturated carbocycles. The van der Waals surface area contributed by atoms with E-state index in [1.807, 2.05) is 31.2 Å². The van der Waals surface area contributed by atoms with E-state index >= 15 is 0 Å². The van der Waals surface area contributed by atoms with E-state index in [-0.39, 0.29) is 5.91 Å². The quantitative estimate of drug-likeness (QED) is 0.941. The predicted octanol–water partition coefficient (Wildman–Crippen LogP) is 2.72. The minimum atomic E-state index is 0.0348.